The minimum Gasteiger partial charge on any atom is -0.495 e. The number of fused-ring (bicyclic) bond motifs is 1. The summed E-state index contributed by atoms with van der Waals surface area (Å²) in [6, 6.07) is 1.92. The van der Waals surface area contributed by atoms with Crippen molar-refractivity contribution in [2.75, 3.05) is 32.2 Å². The Morgan fingerprint density at radius 2 is 2.25 bits per heavy atom. The SMILES string of the molecule is COc1cncc(-c2cn3nc(NCC4CCOCC4)sc3n2)c1. The predicted octanol–water partition coefficient (Wildman–Crippen LogP) is 2.70. The molecule has 0 atom stereocenters. The number of rotatable bonds is 5. The van der Waals surface area contributed by atoms with E-state index in [0.717, 1.165) is 59.7 Å². The maximum Gasteiger partial charge on any atom is 0.214 e. The van der Waals surface area contributed by atoms with Gasteiger partial charge < -0.3 is 14.8 Å². The van der Waals surface area contributed by atoms with Gasteiger partial charge in [0.1, 0.15) is 5.75 Å². The van der Waals surface area contributed by atoms with Crippen LogP contribution in [0.25, 0.3) is 16.2 Å². The molecule has 1 saturated heterocycles. The molecule has 24 heavy (non-hydrogen) atoms. The van der Waals surface area contributed by atoms with Crippen LogP contribution in [0, 0.1) is 5.92 Å². The summed E-state index contributed by atoms with van der Waals surface area (Å²) in [7, 11) is 1.63. The average Bonchev–Trinajstić information content (AvgIpc) is 3.19. The zero-order valence-corrected chi connectivity index (χ0v) is 14.3. The molecule has 0 saturated carbocycles. The third kappa shape index (κ3) is 3.20. The van der Waals surface area contributed by atoms with Crippen molar-refractivity contribution in [1.29, 1.82) is 0 Å². The zero-order chi connectivity index (χ0) is 16.4. The van der Waals surface area contributed by atoms with Gasteiger partial charge in [-0.15, -0.1) is 5.10 Å². The highest BCUT2D eigenvalue weighted by Gasteiger charge is 2.15. The van der Waals surface area contributed by atoms with Crippen LogP contribution in [0.1, 0.15) is 12.8 Å². The van der Waals surface area contributed by atoms with Crippen LogP contribution in [-0.4, -0.2) is 46.5 Å². The normalized spacial score (nSPS) is 15.7. The molecule has 1 N–H and O–H groups in total. The van der Waals surface area contributed by atoms with Crippen molar-refractivity contribution in [2.24, 2.45) is 5.92 Å². The molecule has 4 rings (SSSR count). The smallest absolute Gasteiger partial charge is 0.214 e. The van der Waals surface area contributed by atoms with Crippen molar-refractivity contribution in [2.45, 2.75) is 12.8 Å². The number of nitrogens with one attached hydrogen (secondary N) is 1. The molecule has 1 aliphatic rings. The first-order valence-electron chi connectivity index (χ1n) is 7.99. The Labute approximate surface area is 143 Å². The second-order valence-corrected chi connectivity index (χ2v) is 6.77. The van der Waals surface area contributed by atoms with E-state index in [-0.39, 0.29) is 0 Å². The Hall–Kier alpha value is -2.19. The molecule has 0 spiro atoms. The van der Waals surface area contributed by atoms with E-state index in [2.05, 4.69) is 20.4 Å². The van der Waals surface area contributed by atoms with Crippen molar-refractivity contribution >= 4 is 21.4 Å². The summed E-state index contributed by atoms with van der Waals surface area (Å²) in [5, 5.41) is 8.89. The van der Waals surface area contributed by atoms with Crippen molar-refractivity contribution in [3.63, 3.8) is 0 Å². The standard InChI is InChI=1S/C16H19N5O2S/c1-22-13-6-12(8-17-9-13)14-10-21-16(19-14)24-15(20-21)18-7-11-2-4-23-5-3-11/h6,8-11H,2-5,7H2,1H3,(H,18,20). The predicted molar refractivity (Wildman–Crippen MR) is 92.7 cm³/mol. The molecule has 0 bridgehead atoms. The van der Waals surface area contributed by atoms with E-state index in [4.69, 9.17) is 9.47 Å². The summed E-state index contributed by atoms with van der Waals surface area (Å²) in [6.07, 6.45) is 7.60. The molecule has 0 aromatic carbocycles. The van der Waals surface area contributed by atoms with Crippen molar-refractivity contribution in [3.05, 3.63) is 24.7 Å². The van der Waals surface area contributed by atoms with Gasteiger partial charge in [0.25, 0.3) is 0 Å². The van der Waals surface area contributed by atoms with Gasteiger partial charge in [-0.2, -0.15) is 0 Å². The van der Waals surface area contributed by atoms with Gasteiger partial charge in [0.2, 0.25) is 10.1 Å². The maximum atomic E-state index is 5.39. The molecule has 3 aromatic heterocycles. The van der Waals surface area contributed by atoms with Gasteiger partial charge in [-0.05, 0) is 24.8 Å². The van der Waals surface area contributed by atoms with E-state index < -0.39 is 0 Å². The minimum atomic E-state index is 0.661. The third-order valence-corrected chi connectivity index (χ3v) is 5.05. The molecule has 0 aliphatic carbocycles. The first kappa shape index (κ1) is 15.3. The van der Waals surface area contributed by atoms with Gasteiger partial charge in [0.05, 0.1) is 25.2 Å². The Balaban J connectivity index is 1.47. The summed E-state index contributed by atoms with van der Waals surface area (Å²) >= 11 is 1.56. The Kier molecular flexibility index (Phi) is 4.31. The lowest BCUT2D eigenvalue weighted by molar-refractivity contribution is 0.0699. The molecular weight excluding hydrogens is 326 g/mol. The van der Waals surface area contributed by atoms with Crippen molar-refractivity contribution in [1.82, 2.24) is 19.6 Å². The topological polar surface area (TPSA) is 73.6 Å². The summed E-state index contributed by atoms with van der Waals surface area (Å²) in [6.45, 7) is 2.67. The molecule has 3 aromatic rings. The Morgan fingerprint density at radius 3 is 3.04 bits per heavy atom. The first-order chi connectivity index (χ1) is 11.8. The number of hydrogen-bond donors (Lipinski definition) is 1. The van der Waals surface area contributed by atoms with Crippen LogP contribution < -0.4 is 10.1 Å². The largest absolute Gasteiger partial charge is 0.495 e. The Bertz CT molecular complexity index is 793. The van der Waals surface area contributed by atoms with Crippen LogP contribution in [0.15, 0.2) is 24.7 Å². The van der Waals surface area contributed by atoms with E-state index in [9.17, 15) is 0 Å². The van der Waals surface area contributed by atoms with Gasteiger partial charge in [0, 0.05) is 31.5 Å². The van der Waals surface area contributed by atoms with Crippen LogP contribution in [-0.2, 0) is 4.74 Å². The van der Waals surface area contributed by atoms with Crippen molar-refractivity contribution in [3.8, 4) is 17.0 Å². The molecule has 0 radical (unpaired) electrons. The van der Waals surface area contributed by atoms with E-state index >= 15 is 0 Å². The molecule has 7 nitrogen and oxygen atoms in total. The highest BCUT2D eigenvalue weighted by Crippen LogP contribution is 2.26. The molecule has 4 heterocycles. The van der Waals surface area contributed by atoms with Gasteiger partial charge in [-0.25, -0.2) is 9.50 Å². The number of nitrogens with zero attached hydrogens (tertiary/aromatic N) is 4. The summed E-state index contributed by atoms with van der Waals surface area (Å²) in [4.78, 5) is 9.67. The average molecular weight is 345 g/mol. The molecule has 1 fully saturated rings. The fraction of sp³-hybridized carbons (Fsp3) is 0.438. The molecule has 0 unspecified atom stereocenters. The van der Waals surface area contributed by atoms with Gasteiger partial charge in [0.15, 0.2) is 0 Å². The van der Waals surface area contributed by atoms with Crippen LogP contribution in [0.4, 0.5) is 5.13 Å². The van der Waals surface area contributed by atoms with Gasteiger partial charge in [-0.3, -0.25) is 4.98 Å². The lowest BCUT2D eigenvalue weighted by Gasteiger charge is -2.21. The van der Waals surface area contributed by atoms with Crippen LogP contribution in [0.3, 0.4) is 0 Å². The lowest BCUT2D eigenvalue weighted by atomic mass is 10.0. The van der Waals surface area contributed by atoms with Gasteiger partial charge >= 0.3 is 0 Å². The monoisotopic (exact) mass is 345 g/mol. The number of anilines is 1. The number of ether oxygens (including phenoxy) is 2. The highest BCUT2D eigenvalue weighted by atomic mass is 32.1. The van der Waals surface area contributed by atoms with E-state index in [0.29, 0.717) is 5.92 Å². The third-order valence-electron chi connectivity index (χ3n) is 4.17. The molecular formula is C16H19N5O2S. The van der Waals surface area contributed by atoms with E-state index in [1.54, 1.807) is 30.8 Å². The zero-order valence-electron chi connectivity index (χ0n) is 13.4. The van der Waals surface area contributed by atoms with Crippen molar-refractivity contribution < 1.29 is 9.47 Å². The van der Waals surface area contributed by atoms with Crippen LogP contribution in [0.5, 0.6) is 5.75 Å². The fourth-order valence-corrected chi connectivity index (χ4v) is 3.55. The van der Waals surface area contributed by atoms with Crippen LogP contribution >= 0.6 is 11.3 Å². The molecule has 1 aliphatic heterocycles. The summed E-state index contributed by atoms with van der Waals surface area (Å²) < 4.78 is 12.4. The Morgan fingerprint density at radius 1 is 1.38 bits per heavy atom. The summed E-state index contributed by atoms with van der Waals surface area (Å²) in [5.74, 6) is 1.38. The van der Waals surface area contributed by atoms with Crippen LogP contribution in [0.2, 0.25) is 0 Å². The first-order valence-corrected chi connectivity index (χ1v) is 8.81. The molecule has 0 amide bonds. The summed E-state index contributed by atoms with van der Waals surface area (Å²) in [5.41, 5.74) is 1.76. The molecule has 8 heteroatoms. The second-order valence-electron chi connectivity index (χ2n) is 5.81. The molecule has 126 valence electrons. The number of hydrogen-bond acceptors (Lipinski definition) is 7. The van der Waals surface area contributed by atoms with Gasteiger partial charge in [-0.1, -0.05) is 11.3 Å². The van der Waals surface area contributed by atoms with E-state index in [1.807, 2.05) is 16.8 Å². The minimum absolute atomic E-state index is 0.661. The second kappa shape index (κ2) is 6.74. The maximum absolute atomic E-state index is 5.39. The highest BCUT2D eigenvalue weighted by molar-refractivity contribution is 7.20. The number of methoxy groups -OCH3 is 1. The lowest BCUT2D eigenvalue weighted by Crippen LogP contribution is -2.22. The fourth-order valence-electron chi connectivity index (χ4n) is 2.76. The van der Waals surface area contributed by atoms with E-state index in [1.165, 1.54) is 0 Å². The quantitative estimate of drug-likeness (QED) is 0.766. The number of pyridine rings is 1. The number of imidazole rings is 1. The number of aromatic nitrogens is 4.